The third-order valence-corrected chi connectivity index (χ3v) is 13.2. The van der Waals surface area contributed by atoms with Crippen LogP contribution in [0.5, 0.6) is 5.75 Å². The highest BCUT2D eigenvalue weighted by Gasteiger charge is 2.63. The predicted octanol–water partition coefficient (Wildman–Crippen LogP) is 4.66. The summed E-state index contributed by atoms with van der Waals surface area (Å²) >= 11 is 0. The highest BCUT2D eigenvalue weighted by molar-refractivity contribution is 7.91. The Morgan fingerprint density at radius 1 is 1.04 bits per heavy atom. The van der Waals surface area contributed by atoms with E-state index in [1.165, 1.54) is 4.90 Å². The first-order valence-electron chi connectivity index (χ1n) is 19.1. The van der Waals surface area contributed by atoms with Crippen molar-refractivity contribution in [2.45, 2.75) is 120 Å². The zero-order chi connectivity index (χ0) is 39.2. The maximum atomic E-state index is 14.5. The molecule has 0 bridgehead atoms. The van der Waals surface area contributed by atoms with E-state index in [1.807, 2.05) is 59.2 Å². The van der Waals surface area contributed by atoms with Crippen LogP contribution in [0.4, 0.5) is 4.79 Å². The van der Waals surface area contributed by atoms with Gasteiger partial charge < -0.3 is 25.0 Å². The van der Waals surface area contributed by atoms with Crippen molar-refractivity contribution in [3.63, 3.8) is 0 Å². The van der Waals surface area contributed by atoms with Crippen LogP contribution in [-0.2, 0) is 29.1 Å². The molecule has 0 unspecified atom stereocenters. The molecule has 2 aromatic carbocycles. The van der Waals surface area contributed by atoms with E-state index in [4.69, 9.17) is 9.47 Å². The van der Waals surface area contributed by atoms with Gasteiger partial charge in [0.25, 0.3) is 5.91 Å². The Kier molecular flexibility index (Phi) is 10.2. The number of ether oxygens (including phenoxy) is 2. The summed E-state index contributed by atoms with van der Waals surface area (Å²) in [6.45, 7) is 6.82. The average molecular weight is 775 g/mol. The number of carbonyl (C=O) groups is 4. The Morgan fingerprint density at radius 2 is 1.80 bits per heavy atom. The quantitative estimate of drug-likeness (QED) is 0.288. The molecule has 55 heavy (non-hydrogen) atoms. The van der Waals surface area contributed by atoms with Crippen molar-refractivity contribution in [1.29, 1.82) is 0 Å². The lowest BCUT2D eigenvalue weighted by Gasteiger charge is -2.30. The van der Waals surface area contributed by atoms with Crippen molar-refractivity contribution >= 4 is 44.9 Å². The molecule has 5 atom stereocenters. The molecule has 2 aliphatic heterocycles. The lowest BCUT2D eigenvalue weighted by molar-refractivity contribution is -0.141. The van der Waals surface area contributed by atoms with Gasteiger partial charge in [-0.15, -0.1) is 0 Å². The highest BCUT2D eigenvalue weighted by atomic mass is 32.2. The molecule has 1 aromatic heterocycles. The molecular formula is C40H50N6O8S. The first-order valence-corrected chi connectivity index (χ1v) is 20.6. The molecule has 0 radical (unpaired) electrons. The average Bonchev–Trinajstić information content (AvgIpc) is 3.93. The Labute approximate surface area is 321 Å². The summed E-state index contributed by atoms with van der Waals surface area (Å²) in [6, 6.07) is 13.3. The first kappa shape index (κ1) is 38.4. The summed E-state index contributed by atoms with van der Waals surface area (Å²) in [4.78, 5) is 61.7. The Hall–Kier alpha value is -4.92. The minimum Gasteiger partial charge on any atom is -0.488 e. The molecule has 4 aliphatic rings. The number of para-hydroxylation sites is 1. The van der Waals surface area contributed by atoms with E-state index < -0.39 is 73.8 Å². The van der Waals surface area contributed by atoms with Crippen LogP contribution in [0.15, 0.2) is 67.0 Å². The highest BCUT2D eigenvalue weighted by Crippen LogP contribution is 2.47. The standard InChI is InChI=1S/C40H50N6O8S/c1-38(2,3)54-37(50)42-30-16-12-7-5-6-9-13-26-23-40(26,36(49)44-55(51,52)39(4)19-20-39)43-34(47)33-22-29(24-45(33)35(30)48)53-28-17-18-32-31(21-28)41-25-46(32)27-14-10-8-11-15-27/h8-11,13-15,17-18,21,25-26,29-30,33H,5-7,12,16,19-20,22-24H2,1-4H3,(H,42,50)(H,43,47)(H,44,49)/t26-,29-,30+,33+,40-/m1/s1. The number of nitrogens with one attached hydrogen (secondary N) is 3. The van der Waals surface area contributed by atoms with E-state index in [1.54, 1.807) is 40.1 Å². The fourth-order valence-corrected chi connectivity index (χ4v) is 8.76. The summed E-state index contributed by atoms with van der Waals surface area (Å²) in [5, 5.41) is 5.65. The maximum absolute atomic E-state index is 14.5. The van der Waals surface area contributed by atoms with E-state index in [-0.39, 0.29) is 19.4 Å². The van der Waals surface area contributed by atoms with Gasteiger partial charge in [0.2, 0.25) is 21.8 Å². The molecule has 2 aliphatic carbocycles. The van der Waals surface area contributed by atoms with Gasteiger partial charge in [0.15, 0.2) is 0 Å². The van der Waals surface area contributed by atoms with Crippen molar-refractivity contribution < 1.29 is 37.1 Å². The SMILES string of the molecule is CC(C)(C)OC(=O)N[C@H]1CCCCCC=C[C@@H]2C[C@@]2(C(=O)NS(=O)(=O)C2(C)CC2)NC(=O)[C@@H]2C[C@@H](Oc3ccc4c(c3)ncn4-c3ccccc3)CN2C1=O. The van der Waals surface area contributed by atoms with Crippen LogP contribution in [0.2, 0.25) is 0 Å². The molecular weight excluding hydrogens is 725 g/mol. The number of carbonyl (C=O) groups excluding carboxylic acids is 4. The van der Waals surface area contributed by atoms with Crippen molar-refractivity contribution in [3.05, 3.63) is 67.0 Å². The molecule has 1 saturated heterocycles. The number of fused-ring (bicyclic) bond motifs is 3. The number of benzene rings is 2. The molecule has 3 aromatic rings. The van der Waals surface area contributed by atoms with Crippen LogP contribution in [-0.4, -0.2) is 87.3 Å². The molecule has 0 spiro atoms. The van der Waals surface area contributed by atoms with Crippen molar-refractivity contribution in [1.82, 2.24) is 29.8 Å². The zero-order valence-corrected chi connectivity index (χ0v) is 32.6. The van der Waals surface area contributed by atoms with E-state index in [2.05, 4.69) is 20.3 Å². The third-order valence-electron chi connectivity index (χ3n) is 11.0. The first-order chi connectivity index (χ1) is 26.1. The van der Waals surface area contributed by atoms with Gasteiger partial charge in [-0.05, 0) is 90.5 Å². The number of hydrogen-bond acceptors (Lipinski definition) is 9. The van der Waals surface area contributed by atoms with E-state index in [0.717, 1.165) is 24.0 Å². The van der Waals surface area contributed by atoms with Gasteiger partial charge in [-0.25, -0.2) is 18.2 Å². The molecule has 294 valence electrons. The Morgan fingerprint density at radius 3 is 2.53 bits per heavy atom. The molecule has 3 fully saturated rings. The van der Waals surface area contributed by atoms with Crippen LogP contribution in [0.3, 0.4) is 0 Å². The number of allylic oxidation sites excluding steroid dienone is 1. The van der Waals surface area contributed by atoms with Gasteiger partial charge in [0.05, 0.1) is 22.3 Å². The normalized spacial score (nSPS) is 26.8. The van der Waals surface area contributed by atoms with Crippen LogP contribution in [0.1, 0.15) is 85.5 Å². The number of hydrogen-bond donors (Lipinski definition) is 3. The van der Waals surface area contributed by atoms with Gasteiger partial charge in [-0.3, -0.25) is 23.7 Å². The summed E-state index contributed by atoms with van der Waals surface area (Å²) in [5.41, 5.74) is 0.221. The molecule has 3 heterocycles. The van der Waals surface area contributed by atoms with Gasteiger partial charge in [-0.2, -0.15) is 0 Å². The smallest absolute Gasteiger partial charge is 0.408 e. The minimum absolute atomic E-state index is 0.0230. The number of aromatic nitrogens is 2. The summed E-state index contributed by atoms with van der Waals surface area (Å²) in [7, 11) is -3.98. The van der Waals surface area contributed by atoms with Crippen LogP contribution in [0.25, 0.3) is 16.7 Å². The van der Waals surface area contributed by atoms with Gasteiger partial charge in [-0.1, -0.05) is 43.2 Å². The van der Waals surface area contributed by atoms with Gasteiger partial charge in [0.1, 0.15) is 41.4 Å². The molecule has 4 amide bonds. The van der Waals surface area contributed by atoms with Crippen molar-refractivity contribution in [3.8, 4) is 11.4 Å². The number of rotatable bonds is 7. The van der Waals surface area contributed by atoms with E-state index >= 15 is 0 Å². The maximum Gasteiger partial charge on any atom is 0.408 e. The zero-order valence-electron chi connectivity index (χ0n) is 31.7. The number of amides is 4. The second-order valence-corrected chi connectivity index (χ2v) is 18.7. The Bertz CT molecular complexity index is 2110. The largest absolute Gasteiger partial charge is 0.488 e. The third kappa shape index (κ3) is 8.21. The fraction of sp³-hybridized carbons (Fsp3) is 0.525. The monoisotopic (exact) mass is 774 g/mol. The van der Waals surface area contributed by atoms with E-state index in [9.17, 15) is 27.6 Å². The fourth-order valence-electron chi connectivity index (χ4n) is 7.45. The number of imidazole rings is 1. The van der Waals surface area contributed by atoms with Gasteiger partial charge in [0, 0.05) is 24.1 Å². The minimum atomic E-state index is -3.98. The van der Waals surface area contributed by atoms with Crippen LogP contribution < -0.4 is 20.1 Å². The van der Waals surface area contributed by atoms with Gasteiger partial charge >= 0.3 is 6.09 Å². The topological polar surface area (TPSA) is 178 Å². The second-order valence-electron chi connectivity index (χ2n) is 16.5. The number of alkyl carbamates (subject to hydrolysis) is 1. The van der Waals surface area contributed by atoms with Crippen LogP contribution in [0, 0.1) is 5.92 Å². The predicted molar refractivity (Wildman–Crippen MR) is 205 cm³/mol. The Balaban J connectivity index is 1.17. The summed E-state index contributed by atoms with van der Waals surface area (Å²) < 4.78 is 41.4. The van der Waals surface area contributed by atoms with Crippen LogP contribution >= 0.6 is 0 Å². The molecule has 15 heteroatoms. The summed E-state index contributed by atoms with van der Waals surface area (Å²) in [6.07, 6.45) is 8.59. The molecule has 7 rings (SSSR count). The molecule has 3 N–H and O–H groups in total. The summed E-state index contributed by atoms with van der Waals surface area (Å²) in [5.74, 6) is -1.80. The van der Waals surface area contributed by atoms with Crippen molar-refractivity contribution in [2.75, 3.05) is 6.54 Å². The lowest BCUT2D eigenvalue weighted by Crippen LogP contribution is -2.58. The molecule has 14 nitrogen and oxygen atoms in total. The van der Waals surface area contributed by atoms with E-state index in [0.29, 0.717) is 43.4 Å². The number of sulfonamides is 1. The second kappa shape index (κ2) is 14.6. The lowest BCUT2D eigenvalue weighted by atomic mass is 10.0. The number of nitrogens with zero attached hydrogens (tertiary/aromatic N) is 3. The molecule has 2 saturated carbocycles. The van der Waals surface area contributed by atoms with Crippen molar-refractivity contribution in [2.24, 2.45) is 5.92 Å².